The number of nitrogens with one attached hydrogen (secondary N) is 1. The number of hydrogen-bond donors (Lipinski definition) is 1. The monoisotopic (exact) mass is 361 g/mol. The van der Waals surface area contributed by atoms with Gasteiger partial charge in [0.15, 0.2) is 0 Å². The van der Waals surface area contributed by atoms with Gasteiger partial charge in [0.25, 0.3) is 5.91 Å². The zero-order chi connectivity index (χ0) is 18.3. The molecule has 0 radical (unpaired) electrons. The largest absolute Gasteiger partial charge is 0.348 e. The fourth-order valence-corrected chi connectivity index (χ4v) is 3.45. The van der Waals surface area contributed by atoms with Gasteiger partial charge in [-0.3, -0.25) is 9.78 Å². The molecule has 0 aliphatic heterocycles. The van der Waals surface area contributed by atoms with Crippen LogP contribution in [0.25, 0.3) is 0 Å². The maximum atomic E-state index is 12.4. The van der Waals surface area contributed by atoms with Crippen molar-refractivity contribution < 1.29 is 13.2 Å². The Bertz CT molecular complexity index is 790. The minimum absolute atomic E-state index is 0.191. The maximum absolute atomic E-state index is 12.4. The van der Waals surface area contributed by atoms with Gasteiger partial charge in [0.1, 0.15) is 0 Å². The first-order valence-electron chi connectivity index (χ1n) is 8.18. The van der Waals surface area contributed by atoms with E-state index in [-0.39, 0.29) is 10.8 Å². The van der Waals surface area contributed by atoms with Gasteiger partial charge in [0.05, 0.1) is 4.90 Å². The molecule has 0 aliphatic carbocycles. The lowest BCUT2D eigenvalue weighted by molar-refractivity contribution is 0.0951. The van der Waals surface area contributed by atoms with Crippen LogP contribution in [0.3, 0.4) is 0 Å². The van der Waals surface area contributed by atoms with Gasteiger partial charge < -0.3 is 5.32 Å². The van der Waals surface area contributed by atoms with E-state index in [0.717, 1.165) is 18.4 Å². The van der Waals surface area contributed by atoms with Crippen molar-refractivity contribution in [2.24, 2.45) is 0 Å². The van der Waals surface area contributed by atoms with Crippen molar-refractivity contribution in [3.63, 3.8) is 0 Å². The molecule has 2 aromatic rings. The minimum Gasteiger partial charge on any atom is -0.348 e. The smallest absolute Gasteiger partial charge is 0.251 e. The summed E-state index contributed by atoms with van der Waals surface area (Å²) >= 11 is 0. The van der Waals surface area contributed by atoms with Crippen molar-refractivity contribution in [1.82, 2.24) is 14.6 Å². The van der Waals surface area contributed by atoms with Crippen molar-refractivity contribution >= 4 is 15.9 Å². The van der Waals surface area contributed by atoms with Crippen LogP contribution in [-0.4, -0.2) is 37.2 Å². The second-order valence-corrected chi connectivity index (χ2v) is 7.79. The van der Waals surface area contributed by atoms with E-state index < -0.39 is 10.0 Å². The number of rotatable bonds is 8. The third-order valence-corrected chi connectivity index (χ3v) is 5.72. The molecular formula is C18H23N3O3S. The van der Waals surface area contributed by atoms with E-state index in [1.807, 2.05) is 19.1 Å². The zero-order valence-electron chi connectivity index (χ0n) is 14.5. The third kappa shape index (κ3) is 5.11. The van der Waals surface area contributed by atoms with E-state index in [2.05, 4.69) is 10.3 Å². The number of carbonyl (C=O) groups is 1. The van der Waals surface area contributed by atoms with Crippen LogP contribution in [0.5, 0.6) is 0 Å². The van der Waals surface area contributed by atoms with Crippen LogP contribution in [0, 0.1) is 0 Å². The second kappa shape index (κ2) is 8.73. The van der Waals surface area contributed by atoms with Gasteiger partial charge in [-0.05, 0) is 48.4 Å². The first-order chi connectivity index (χ1) is 11.9. The average molecular weight is 361 g/mol. The summed E-state index contributed by atoms with van der Waals surface area (Å²) in [4.78, 5) is 16.3. The Kier molecular flexibility index (Phi) is 6.66. The van der Waals surface area contributed by atoms with E-state index in [0.29, 0.717) is 18.7 Å². The van der Waals surface area contributed by atoms with Gasteiger partial charge in [-0.25, -0.2) is 12.7 Å². The highest BCUT2D eigenvalue weighted by molar-refractivity contribution is 7.89. The summed E-state index contributed by atoms with van der Waals surface area (Å²) in [5.74, 6) is -0.250. The van der Waals surface area contributed by atoms with Gasteiger partial charge in [0, 0.05) is 38.1 Å². The molecule has 0 fully saturated rings. The molecule has 6 nitrogen and oxygen atoms in total. The number of nitrogens with zero attached hydrogens (tertiary/aromatic N) is 2. The van der Waals surface area contributed by atoms with E-state index in [1.165, 1.54) is 28.6 Å². The molecule has 25 heavy (non-hydrogen) atoms. The molecule has 0 unspecified atom stereocenters. The standard InChI is InChI=1S/C18H23N3O3S/c1-3-4-13-21(2)25(23,24)17-7-5-16(6-8-17)18(22)20-14-15-9-11-19-12-10-15/h5-12H,3-4,13-14H2,1-2H3,(H,20,22). The summed E-state index contributed by atoms with van der Waals surface area (Å²) in [6.07, 6.45) is 5.06. The molecule has 1 aromatic carbocycles. The molecule has 0 saturated carbocycles. The van der Waals surface area contributed by atoms with Crippen LogP contribution in [0.2, 0.25) is 0 Å². The summed E-state index contributed by atoms with van der Waals surface area (Å²) < 4.78 is 26.2. The average Bonchev–Trinajstić information content (AvgIpc) is 2.65. The summed E-state index contributed by atoms with van der Waals surface area (Å²) in [7, 11) is -1.94. The highest BCUT2D eigenvalue weighted by Crippen LogP contribution is 2.16. The van der Waals surface area contributed by atoms with Crippen molar-refractivity contribution in [3.05, 3.63) is 59.9 Å². The van der Waals surface area contributed by atoms with E-state index in [4.69, 9.17) is 0 Å². The molecule has 1 heterocycles. The summed E-state index contributed by atoms with van der Waals surface area (Å²) in [6, 6.07) is 9.65. The Balaban J connectivity index is 2.02. The van der Waals surface area contributed by atoms with Gasteiger partial charge >= 0.3 is 0 Å². The first kappa shape index (κ1) is 19.1. The molecule has 0 bridgehead atoms. The van der Waals surface area contributed by atoms with E-state index in [9.17, 15) is 13.2 Å². The van der Waals surface area contributed by atoms with Crippen LogP contribution in [0.15, 0.2) is 53.7 Å². The Morgan fingerprint density at radius 2 is 1.76 bits per heavy atom. The summed E-state index contributed by atoms with van der Waals surface area (Å²) in [5, 5.41) is 2.80. The highest BCUT2D eigenvalue weighted by Gasteiger charge is 2.20. The Morgan fingerprint density at radius 1 is 1.12 bits per heavy atom. The predicted molar refractivity (Wildman–Crippen MR) is 96.6 cm³/mol. The normalized spacial score (nSPS) is 11.5. The molecule has 7 heteroatoms. The Hall–Kier alpha value is -2.25. The van der Waals surface area contributed by atoms with Crippen LogP contribution < -0.4 is 5.32 Å². The minimum atomic E-state index is -3.51. The Labute approximate surface area is 148 Å². The molecule has 0 saturated heterocycles. The van der Waals surface area contributed by atoms with Crippen molar-refractivity contribution in [2.45, 2.75) is 31.2 Å². The number of pyridine rings is 1. The van der Waals surface area contributed by atoms with E-state index in [1.54, 1.807) is 19.4 Å². The van der Waals surface area contributed by atoms with Gasteiger partial charge in [-0.2, -0.15) is 0 Å². The maximum Gasteiger partial charge on any atom is 0.251 e. The molecule has 2 rings (SSSR count). The lowest BCUT2D eigenvalue weighted by Crippen LogP contribution is -2.28. The SMILES string of the molecule is CCCCN(C)S(=O)(=O)c1ccc(C(=O)NCc2ccncc2)cc1. The number of aromatic nitrogens is 1. The zero-order valence-corrected chi connectivity index (χ0v) is 15.3. The molecule has 1 N–H and O–H groups in total. The Morgan fingerprint density at radius 3 is 2.36 bits per heavy atom. The lowest BCUT2D eigenvalue weighted by Gasteiger charge is -2.17. The summed E-state index contributed by atoms with van der Waals surface area (Å²) in [6.45, 7) is 2.88. The molecular weight excluding hydrogens is 338 g/mol. The molecule has 1 aromatic heterocycles. The van der Waals surface area contributed by atoms with Crippen molar-refractivity contribution in [1.29, 1.82) is 0 Å². The quantitative estimate of drug-likeness (QED) is 0.783. The summed E-state index contributed by atoms with van der Waals surface area (Å²) in [5.41, 5.74) is 1.37. The predicted octanol–water partition coefficient (Wildman–Crippen LogP) is 2.43. The number of hydrogen-bond acceptors (Lipinski definition) is 4. The van der Waals surface area contributed by atoms with Gasteiger partial charge in [-0.15, -0.1) is 0 Å². The number of unbranched alkanes of at least 4 members (excludes halogenated alkanes) is 1. The molecule has 0 aliphatic rings. The number of sulfonamides is 1. The molecule has 0 atom stereocenters. The topological polar surface area (TPSA) is 79.4 Å². The second-order valence-electron chi connectivity index (χ2n) is 5.74. The number of carbonyl (C=O) groups excluding carboxylic acids is 1. The van der Waals surface area contributed by atoms with Crippen molar-refractivity contribution in [2.75, 3.05) is 13.6 Å². The highest BCUT2D eigenvalue weighted by atomic mass is 32.2. The van der Waals surface area contributed by atoms with E-state index >= 15 is 0 Å². The lowest BCUT2D eigenvalue weighted by atomic mass is 10.2. The van der Waals surface area contributed by atoms with Crippen LogP contribution in [0.1, 0.15) is 35.7 Å². The van der Waals surface area contributed by atoms with Crippen LogP contribution in [-0.2, 0) is 16.6 Å². The first-order valence-corrected chi connectivity index (χ1v) is 9.62. The van der Waals surface area contributed by atoms with Crippen LogP contribution >= 0.6 is 0 Å². The van der Waals surface area contributed by atoms with Gasteiger partial charge in [0.2, 0.25) is 10.0 Å². The van der Waals surface area contributed by atoms with Crippen molar-refractivity contribution in [3.8, 4) is 0 Å². The fraction of sp³-hybridized carbons (Fsp3) is 0.333. The molecule has 134 valence electrons. The molecule has 0 spiro atoms. The number of benzene rings is 1. The van der Waals surface area contributed by atoms with Gasteiger partial charge in [-0.1, -0.05) is 13.3 Å². The number of amides is 1. The molecule has 1 amide bonds. The third-order valence-electron chi connectivity index (χ3n) is 3.85. The fourth-order valence-electron chi connectivity index (χ4n) is 2.24. The van der Waals surface area contributed by atoms with Crippen LogP contribution in [0.4, 0.5) is 0 Å².